The molecule has 124 valence electrons. The topological polar surface area (TPSA) is 77.9 Å². The van der Waals surface area contributed by atoms with E-state index in [9.17, 15) is 14.4 Å². The Morgan fingerprint density at radius 3 is 2.57 bits per heavy atom. The van der Waals surface area contributed by atoms with Crippen molar-refractivity contribution in [2.75, 3.05) is 18.0 Å². The van der Waals surface area contributed by atoms with Crippen LogP contribution in [0.5, 0.6) is 0 Å². The lowest BCUT2D eigenvalue weighted by Gasteiger charge is -2.26. The zero-order chi connectivity index (χ0) is 17.1. The molecule has 0 atom stereocenters. The summed E-state index contributed by atoms with van der Waals surface area (Å²) in [7, 11) is 0. The van der Waals surface area contributed by atoms with Crippen LogP contribution in [0.1, 0.15) is 43.1 Å². The van der Waals surface area contributed by atoms with Crippen molar-refractivity contribution in [3.8, 4) is 0 Å². The number of carboxylic acids is 1. The van der Waals surface area contributed by atoms with Crippen LogP contribution in [-0.4, -0.2) is 46.9 Å². The smallest absolute Gasteiger partial charge is 0.305 e. The number of nitrogens with zero attached hydrogens (tertiary/aromatic N) is 2. The van der Waals surface area contributed by atoms with Crippen molar-refractivity contribution in [2.24, 2.45) is 0 Å². The Morgan fingerprint density at radius 2 is 2.00 bits per heavy atom. The molecule has 0 aromatic heterocycles. The van der Waals surface area contributed by atoms with Crippen LogP contribution < -0.4 is 4.90 Å². The minimum Gasteiger partial charge on any atom is -0.481 e. The van der Waals surface area contributed by atoms with Gasteiger partial charge in [0.1, 0.15) is 0 Å². The zero-order valence-corrected chi connectivity index (χ0v) is 13.7. The fraction of sp³-hybridized carbons (Fsp3) is 0.471. The average molecular weight is 318 g/mol. The number of anilines is 1. The predicted octanol–water partition coefficient (Wildman–Crippen LogP) is 1.92. The molecule has 0 unspecified atom stereocenters. The van der Waals surface area contributed by atoms with Crippen LogP contribution >= 0.6 is 0 Å². The van der Waals surface area contributed by atoms with Crippen LogP contribution in [0.25, 0.3) is 0 Å². The highest BCUT2D eigenvalue weighted by molar-refractivity contribution is 5.98. The molecule has 0 fully saturated rings. The van der Waals surface area contributed by atoms with E-state index in [4.69, 9.17) is 5.11 Å². The van der Waals surface area contributed by atoms with Gasteiger partial charge in [0.15, 0.2) is 0 Å². The molecule has 6 heteroatoms. The van der Waals surface area contributed by atoms with Crippen molar-refractivity contribution in [3.05, 3.63) is 29.3 Å². The number of rotatable bonds is 5. The SMILES string of the molecule is CC(=O)N1CCc2cc(C(=O)N(CCC(=O)O)C(C)C)ccc21. The van der Waals surface area contributed by atoms with E-state index in [0.29, 0.717) is 12.1 Å². The molecule has 2 amide bonds. The van der Waals surface area contributed by atoms with E-state index in [1.54, 1.807) is 21.9 Å². The standard InChI is InChI=1S/C17H22N2O4/c1-11(2)18(9-7-16(21)22)17(23)14-4-5-15-13(10-14)6-8-19(15)12(3)20/h4-5,10-11H,6-9H2,1-3H3,(H,21,22). The number of carbonyl (C=O) groups excluding carboxylic acids is 2. The Bertz CT molecular complexity index is 639. The van der Waals surface area contributed by atoms with Gasteiger partial charge in [-0.2, -0.15) is 0 Å². The molecule has 0 saturated heterocycles. The van der Waals surface area contributed by atoms with Crippen molar-refractivity contribution in [3.63, 3.8) is 0 Å². The maximum Gasteiger partial charge on any atom is 0.305 e. The molecule has 1 N–H and O–H groups in total. The molecular formula is C17H22N2O4. The Morgan fingerprint density at radius 1 is 1.30 bits per heavy atom. The van der Waals surface area contributed by atoms with Crippen LogP contribution in [0, 0.1) is 0 Å². The largest absolute Gasteiger partial charge is 0.481 e. The predicted molar refractivity (Wildman–Crippen MR) is 86.6 cm³/mol. The van der Waals surface area contributed by atoms with Crippen molar-refractivity contribution in [2.45, 2.75) is 39.7 Å². The molecule has 2 rings (SSSR count). The summed E-state index contributed by atoms with van der Waals surface area (Å²) in [6, 6.07) is 5.24. The molecule has 6 nitrogen and oxygen atoms in total. The number of fused-ring (bicyclic) bond motifs is 1. The Labute approximate surface area is 135 Å². The third kappa shape index (κ3) is 3.70. The molecule has 0 radical (unpaired) electrons. The second-order valence-corrected chi connectivity index (χ2v) is 6.00. The van der Waals surface area contributed by atoms with Crippen LogP contribution in [0.15, 0.2) is 18.2 Å². The Kier molecular flexibility index (Phi) is 5.03. The van der Waals surface area contributed by atoms with E-state index in [2.05, 4.69) is 0 Å². The summed E-state index contributed by atoms with van der Waals surface area (Å²) in [6.07, 6.45) is 0.653. The van der Waals surface area contributed by atoms with Crippen molar-refractivity contribution < 1.29 is 19.5 Å². The second-order valence-electron chi connectivity index (χ2n) is 6.00. The third-order valence-corrected chi connectivity index (χ3v) is 4.05. The van der Waals surface area contributed by atoms with Crippen molar-refractivity contribution in [1.82, 2.24) is 4.90 Å². The first-order valence-corrected chi connectivity index (χ1v) is 7.75. The molecule has 1 aromatic rings. The van der Waals surface area contributed by atoms with Gasteiger partial charge in [-0.1, -0.05) is 0 Å². The van der Waals surface area contributed by atoms with Crippen LogP contribution in [0.3, 0.4) is 0 Å². The molecule has 1 aromatic carbocycles. The van der Waals surface area contributed by atoms with Gasteiger partial charge in [0, 0.05) is 37.3 Å². The van der Waals surface area contributed by atoms with Gasteiger partial charge in [0.25, 0.3) is 5.91 Å². The summed E-state index contributed by atoms with van der Waals surface area (Å²) in [4.78, 5) is 38.3. The highest BCUT2D eigenvalue weighted by Crippen LogP contribution is 2.29. The molecule has 0 bridgehead atoms. The average Bonchev–Trinajstić information content (AvgIpc) is 2.89. The number of amides is 2. The number of carboxylic acid groups (broad SMARTS) is 1. The van der Waals surface area contributed by atoms with Gasteiger partial charge in [0.2, 0.25) is 5.91 Å². The van der Waals surface area contributed by atoms with E-state index < -0.39 is 5.97 Å². The van der Waals surface area contributed by atoms with Gasteiger partial charge in [-0.3, -0.25) is 14.4 Å². The minimum atomic E-state index is -0.922. The molecule has 0 spiro atoms. The number of benzene rings is 1. The van der Waals surface area contributed by atoms with E-state index >= 15 is 0 Å². The summed E-state index contributed by atoms with van der Waals surface area (Å²) in [5, 5.41) is 8.83. The molecule has 1 aliphatic rings. The van der Waals surface area contributed by atoms with E-state index in [0.717, 1.165) is 17.7 Å². The lowest BCUT2D eigenvalue weighted by Crippen LogP contribution is -2.38. The molecular weight excluding hydrogens is 296 g/mol. The zero-order valence-electron chi connectivity index (χ0n) is 13.7. The molecule has 1 heterocycles. The lowest BCUT2D eigenvalue weighted by molar-refractivity contribution is -0.137. The van der Waals surface area contributed by atoms with Gasteiger partial charge in [-0.05, 0) is 44.0 Å². The first-order valence-electron chi connectivity index (χ1n) is 7.75. The highest BCUT2D eigenvalue weighted by Gasteiger charge is 2.25. The molecule has 23 heavy (non-hydrogen) atoms. The maximum absolute atomic E-state index is 12.7. The molecule has 0 saturated carbocycles. The maximum atomic E-state index is 12.7. The number of hydrogen-bond acceptors (Lipinski definition) is 3. The summed E-state index contributed by atoms with van der Waals surface area (Å²) in [5.74, 6) is -1.10. The first-order chi connectivity index (χ1) is 10.8. The van der Waals surface area contributed by atoms with Crippen LogP contribution in [-0.2, 0) is 16.0 Å². The van der Waals surface area contributed by atoms with Gasteiger partial charge >= 0.3 is 5.97 Å². The van der Waals surface area contributed by atoms with Crippen molar-refractivity contribution in [1.29, 1.82) is 0 Å². The summed E-state index contributed by atoms with van der Waals surface area (Å²) < 4.78 is 0. The van der Waals surface area contributed by atoms with Crippen LogP contribution in [0.4, 0.5) is 5.69 Å². The van der Waals surface area contributed by atoms with E-state index in [1.807, 2.05) is 19.9 Å². The Hall–Kier alpha value is -2.37. The quantitative estimate of drug-likeness (QED) is 0.899. The highest BCUT2D eigenvalue weighted by atomic mass is 16.4. The van der Waals surface area contributed by atoms with E-state index in [1.165, 1.54) is 6.92 Å². The second kappa shape index (κ2) is 6.81. The summed E-state index contributed by atoms with van der Waals surface area (Å²) >= 11 is 0. The number of aliphatic carboxylic acids is 1. The summed E-state index contributed by atoms with van der Waals surface area (Å²) in [5.41, 5.74) is 2.37. The Balaban J connectivity index is 2.22. The van der Waals surface area contributed by atoms with Gasteiger partial charge in [-0.25, -0.2) is 0 Å². The fourth-order valence-corrected chi connectivity index (χ4v) is 2.84. The monoisotopic (exact) mass is 318 g/mol. The van der Waals surface area contributed by atoms with Gasteiger partial charge < -0.3 is 14.9 Å². The number of carbonyl (C=O) groups is 3. The van der Waals surface area contributed by atoms with E-state index in [-0.39, 0.29) is 30.8 Å². The van der Waals surface area contributed by atoms with Gasteiger partial charge in [-0.15, -0.1) is 0 Å². The van der Waals surface area contributed by atoms with Crippen molar-refractivity contribution >= 4 is 23.5 Å². The normalized spacial score (nSPS) is 13.1. The molecule has 0 aliphatic carbocycles. The third-order valence-electron chi connectivity index (χ3n) is 4.05. The summed E-state index contributed by atoms with van der Waals surface area (Å²) in [6.45, 7) is 6.08. The first kappa shape index (κ1) is 17.0. The molecule has 1 aliphatic heterocycles. The van der Waals surface area contributed by atoms with Gasteiger partial charge in [0.05, 0.1) is 6.42 Å². The fourth-order valence-electron chi connectivity index (χ4n) is 2.84. The number of hydrogen-bond donors (Lipinski definition) is 1. The lowest BCUT2D eigenvalue weighted by atomic mass is 10.1. The minimum absolute atomic E-state index is 0.00640. The van der Waals surface area contributed by atoms with Crippen LogP contribution in [0.2, 0.25) is 0 Å².